The van der Waals surface area contributed by atoms with Crippen LogP contribution < -0.4 is 0 Å². The predicted octanol–water partition coefficient (Wildman–Crippen LogP) is 1.95. The van der Waals surface area contributed by atoms with Crippen LogP contribution >= 0.6 is 0 Å². The van der Waals surface area contributed by atoms with E-state index in [2.05, 4.69) is 0 Å². The second kappa shape index (κ2) is 5.32. The van der Waals surface area contributed by atoms with Gasteiger partial charge in [-0.2, -0.15) is 0 Å². The van der Waals surface area contributed by atoms with E-state index in [1.807, 2.05) is 27.7 Å². The Kier molecular flexibility index (Phi) is 4.33. The first-order chi connectivity index (χ1) is 7.52. The zero-order valence-corrected chi connectivity index (χ0v) is 10.7. The highest BCUT2D eigenvalue weighted by Gasteiger charge is 2.36. The summed E-state index contributed by atoms with van der Waals surface area (Å²) in [7, 11) is 0. The molecule has 16 heavy (non-hydrogen) atoms. The first kappa shape index (κ1) is 13.0. The van der Waals surface area contributed by atoms with Crippen LogP contribution in [-0.4, -0.2) is 33.9 Å². The van der Waals surface area contributed by atoms with E-state index >= 15 is 0 Å². The molecule has 0 aromatic heterocycles. The largest absolute Gasteiger partial charge is 0.273 e. The fourth-order valence-electron chi connectivity index (χ4n) is 1.95. The van der Waals surface area contributed by atoms with Crippen LogP contribution in [0, 0.1) is 0 Å². The highest BCUT2D eigenvalue weighted by Crippen LogP contribution is 2.22. The fourth-order valence-corrected chi connectivity index (χ4v) is 1.95. The van der Waals surface area contributed by atoms with E-state index in [4.69, 9.17) is 0 Å². The van der Waals surface area contributed by atoms with E-state index in [1.165, 1.54) is 0 Å². The second-order valence-corrected chi connectivity index (χ2v) is 4.49. The van der Waals surface area contributed by atoms with Crippen LogP contribution in [0.1, 0.15) is 53.4 Å². The third-order valence-electron chi connectivity index (χ3n) is 3.31. The van der Waals surface area contributed by atoms with Gasteiger partial charge in [0, 0.05) is 12.8 Å². The third kappa shape index (κ3) is 2.36. The summed E-state index contributed by atoms with van der Waals surface area (Å²) in [5.74, 6) is 0.156. The average molecular weight is 226 g/mol. The van der Waals surface area contributed by atoms with Gasteiger partial charge in [0.25, 0.3) is 0 Å². The van der Waals surface area contributed by atoms with Crippen molar-refractivity contribution in [3.8, 4) is 0 Å². The number of hydrogen-bond acceptors (Lipinski definition) is 2. The molecule has 0 aliphatic carbocycles. The highest BCUT2D eigenvalue weighted by atomic mass is 16.2. The molecule has 4 nitrogen and oxygen atoms in total. The van der Waals surface area contributed by atoms with Gasteiger partial charge >= 0.3 is 0 Å². The normalized spacial score (nSPS) is 21.2. The molecule has 0 N–H and O–H groups in total. The Hall–Kier alpha value is -1.06. The summed E-state index contributed by atoms with van der Waals surface area (Å²) in [6, 6.07) is 0.205. The maximum atomic E-state index is 11.9. The summed E-state index contributed by atoms with van der Waals surface area (Å²) in [6.45, 7) is 8.05. The van der Waals surface area contributed by atoms with Crippen LogP contribution in [0.3, 0.4) is 0 Å². The van der Waals surface area contributed by atoms with Gasteiger partial charge in [-0.1, -0.05) is 13.8 Å². The molecule has 2 atom stereocenters. The van der Waals surface area contributed by atoms with Crippen LogP contribution in [0.4, 0.5) is 0 Å². The van der Waals surface area contributed by atoms with Crippen molar-refractivity contribution in [1.82, 2.24) is 10.0 Å². The van der Waals surface area contributed by atoms with E-state index in [9.17, 15) is 9.59 Å². The van der Waals surface area contributed by atoms with Gasteiger partial charge in [0.2, 0.25) is 11.8 Å². The molecule has 1 aliphatic rings. The van der Waals surface area contributed by atoms with Crippen molar-refractivity contribution in [1.29, 1.82) is 0 Å². The van der Waals surface area contributed by atoms with Crippen molar-refractivity contribution in [2.45, 2.75) is 65.5 Å². The monoisotopic (exact) mass is 226 g/mol. The minimum Gasteiger partial charge on any atom is -0.273 e. The Morgan fingerprint density at radius 3 is 1.50 bits per heavy atom. The zero-order valence-electron chi connectivity index (χ0n) is 10.7. The molecule has 0 spiro atoms. The summed E-state index contributed by atoms with van der Waals surface area (Å²) in [4.78, 5) is 23.8. The molecule has 92 valence electrons. The molecular formula is C12H22N2O2. The maximum absolute atomic E-state index is 11.9. The molecular weight excluding hydrogens is 204 g/mol. The van der Waals surface area contributed by atoms with E-state index < -0.39 is 0 Å². The van der Waals surface area contributed by atoms with Gasteiger partial charge in [0.15, 0.2) is 0 Å². The molecule has 0 unspecified atom stereocenters. The Labute approximate surface area is 97.6 Å². The third-order valence-corrected chi connectivity index (χ3v) is 3.31. The van der Waals surface area contributed by atoms with Gasteiger partial charge in [0.05, 0.1) is 12.1 Å². The number of hydrazine groups is 1. The van der Waals surface area contributed by atoms with Crippen molar-refractivity contribution in [2.24, 2.45) is 0 Å². The number of nitrogens with zero attached hydrogens (tertiary/aromatic N) is 2. The molecule has 0 saturated carbocycles. The molecule has 1 saturated heterocycles. The van der Waals surface area contributed by atoms with E-state index in [0.29, 0.717) is 12.8 Å². The molecule has 0 bridgehead atoms. The SMILES string of the molecule is CC[C@@H](C)N1C(=O)CCC(=O)N1[C@H](C)CC. The van der Waals surface area contributed by atoms with Crippen LogP contribution in [-0.2, 0) is 9.59 Å². The minimum atomic E-state index is 0.0780. The summed E-state index contributed by atoms with van der Waals surface area (Å²) >= 11 is 0. The van der Waals surface area contributed by atoms with Gasteiger partial charge in [-0.05, 0) is 26.7 Å². The van der Waals surface area contributed by atoms with Gasteiger partial charge in [-0.15, -0.1) is 0 Å². The molecule has 1 heterocycles. The summed E-state index contributed by atoms with van der Waals surface area (Å²) in [6.07, 6.45) is 2.45. The summed E-state index contributed by atoms with van der Waals surface area (Å²) in [5.41, 5.74) is 0. The first-order valence-electron chi connectivity index (χ1n) is 6.16. The summed E-state index contributed by atoms with van der Waals surface area (Å²) in [5, 5.41) is 3.33. The first-order valence-corrected chi connectivity index (χ1v) is 6.16. The fraction of sp³-hybridized carbons (Fsp3) is 0.833. The number of rotatable bonds is 4. The Morgan fingerprint density at radius 1 is 0.938 bits per heavy atom. The smallest absolute Gasteiger partial charge is 0.241 e. The lowest BCUT2D eigenvalue weighted by atomic mass is 10.1. The molecule has 1 rings (SSSR count). The number of hydrogen-bond donors (Lipinski definition) is 0. The van der Waals surface area contributed by atoms with Crippen LogP contribution in [0.15, 0.2) is 0 Å². The Morgan fingerprint density at radius 2 is 1.25 bits per heavy atom. The van der Waals surface area contributed by atoms with Crippen molar-refractivity contribution >= 4 is 11.8 Å². The number of carbonyl (C=O) groups excluding carboxylic acids is 2. The van der Waals surface area contributed by atoms with Gasteiger partial charge in [-0.3, -0.25) is 9.59 Å². The average Bonchev–Trinajstić information content (AvgIpc) is 2.29. The standard InChI is InChI=1S/C12H22N2O2/c1-5-9(3)13-11(15)7-8-12(16)14(13)10(4)6-2/h9-10H,5-8H2,1-4H3/t9-,10-/m1/s1. The molecule has 0 aromatic carbocycles. The van der Waals surface area contributed by atoms with Crippen molar-refractivity contribution < 1.29 is 9.59 Å². The highest BCUT2D eigenvalue weighted by molar-refractivity contribution is 5.89. The van der Waals surface area contributed by atoms with Crippen LogP contribution in [0.5, 0.6) is 0 Å². The zero-order chi connectivity index (χ0) is 12.3. The van der Waals surface area contributed by atoms with Crippen molar-refractivity contribution in [2.75, 3.05) is 0 Å². The van der Waals surface area contributed by atoms with Crippen LogP contribution in [0.25, 0.3) is 0 Å². The quantitative estimate of drug-likeness (QED) is 0.735. The van der Waals surface area contributed by atoms with Gasteiger partial charge in [0.1, 0.15) is 0 Å². The Balaban J connectivity index is 2.94. The summed E-state index contributed by atoms with van der Waals surface area (Å²) < 4.78 is 0. The van der Waals surface area contributed by atoms with E-state index in [-0.39, 0.29) is 23.9 Å². The lowest BCUT2D eigenvalue weighted by Gasteiger charge is -2.44. The lowest BCUT2D eigenvalue weighted by molar-refractivity contribution is -0.181. The minimum absolute atomic E-state index is 0.0780. The van der Waals surface area contributed by atoms with Gasteiger partial charge in [-0.25, -0.2) is 10.0 Å². The molecule has 2 amide bonds. The number of carbonyl (C=O) groups is 2. The topological polar surface area (TPSA) is 40.6 Å². The maximum Gasteiger partial charge on any atom is 0.241 e. The van der Waals surface area contributed by atoms with Crippen molar-refractivity contribution in [3.05, 3.63) is 0 Å². The molecule has 4 heteroatoms. The van der Waals surface area contributed by atoms with Crippen molar-refractivity contribution in [3.63, 3.8) is 0 Å². The molecule has 1 fully saturated rings. The molecule has 1 aliphatic heterocycles. The molecule has 0 radical (unpaired) electrons. The van der Waals surface area contributed by atoms with E-state index in [1.54, 1.807) is 10.0 Å². The van der Waals surface area contributed by atoms with Gasteiger partial charge < -0.3 is 0 Å². The number of amides is 2. The predicted molar refractivity (Wildman–Crippen MR) is 62.4 cm³/mol. The Bertz CT molecular complexity index is 250. The lowest BCUT2D eigenvalue weighted by Crippen LogP contribution is -2.59. The second-order valence-electron chi connectivity index (χ2n) is 4.49. The van der Waals surface area contributed by atoms with Crippen LogP contribution in [0.2, 0.25) is 0 Å². The molecule has 0 aromatic rings. The van der Waals surface area contributed by atoms with E-state index in [0.717, 1.165) is 12.8 Å².